The van der Waals surface area contributed by atoms with Crippen LogP contribution in [-0.4, -0.2) is 18.2 Å². The van der Waals surface area contributed by atoms with Crippen LogP contribution in [0.2, 0.25) is 0 Å². The Morgan fingerprint density at radius 2 is 2.12 bits per heavy atom. The van der Waals surface area contributed by atoms with Crippen molar-refractivity contribution in [3.63, 3.8) is 0 Å². The van der Waals surface area contributed by atoms with Crippen LogP contribution in [0.25, 0.3) is 0 Å². The molecule has 0 atom stereocenters. The van der Waals surface area contributed by atoms with Crippen LogP contribution in [0.15, 0.2) is 18.2 Å². The second-order valence-corrected chi connectivity index (χ2v) is 4.87. The van der Waals surface area contributed by atoms with Crippen molar-refractivity contribution in [1.29, 1.82) is 0 Å². The van der Waals surface area contributed by atoms with Crippen molar-refractivity contribution in [3.8, 4) is 0 Å². The van der Waals surface area contributed by atoms with Gasteiger partial charge in [0.05, 0.1) is 0 Å². The van der Waals surface area contributed by atoms with Crippen LogP contribution in [0.5, 0.6) is 0 Å². The minimum absolute atomic E-state index is 0.0468. The summed E-state index contributed by atoms with van der Waals surface area (Å²) in [5.74, 6) is 0.353. The highest BCUT2D eigenvalue weighted by atomic mass is 16.1. The van der Waals surface area contributed by atoms with Gasteiger partial charge in [-0.1, -0.05) is 18.6 Å². The van der Waals surface area contributed by atoms with E-state index in [4.69, 9.17) is 0 Å². The predicted molar refractivity (Wildman–Crippen MR) is 64.2 cm³/mol. The van der Waals surface area contributed by atoms with Gasteiger partial charge in [-0.2, -0.15) is 0 Å². The van der Waals surface area contributed by atoms with Crippen molar-refractivity contribution in [2.45, 2.75) is 25.7 Å². The SMILES string of the molecule is O=C1NCCc2ccc(C(=O)C3CCC3)cc21. The maximum absolute atomic E-state index is 12.1. The summed E-state index contributed by atoms with van der Waals surface area (Å²) in [6.45, 7) is 0.696. The number of amides is 1. The molecule has 3 rings (SSSR count). The second-order valence-electron chi connectivity index (χ2n) is 4.87. The monoisotopic (exact) mass is 229 g/mol. The number of nitrogens with one attached hydrogen (secondary N) is 1. The van der Waals surface area contributed by atoms with Crippen molar-refractivity contribution in [1.82, 2.24) is 5.32 Å². The first-order valence-electron chi connectivity index (χ1n) is 6.21. The summed E-state index contributed by atoms with van der Waals surface area (Å²) in [7, 11) is 0. The van der Waals surface area contributed by atoms with Gasteiger partial charge in [-0.15, -0.1) is 0 Å². The van der Waals surface area contributed by atoms with Crippen LogP contribution >= 0.6 is 0 Å². The van der Waals surface area contributed by atoms with Crippen molar-refractivity contribution in [2.24, 2.45) is 5.92 Å². The smallest absolute Gasteiger partial charge is 0.251 e. The molecule has 0 spiro atoms. The second kappa shape index (κ2) is 3.99. The molecule has 1 aromatic rings. The Morgan fingerprint density at radius 1 is 1.29 bits per heavy atom. The fourth-order valence-electron chi connectivity index (χ4n) is 2.47. The van der Waals surface area contributed by atoms with Crippen molar-refractivity contribution >= 4 is 11.7 Å². The number of benzene rings is 1. The van der Waals surface area contributed by atoms with Crippen LogP contribution in [0.3, 0.4) is 0 Å². The first kappa shape index (κ1) is 10.5. The van der Waals surface area contributed by atoms with Gasteiger partial charge in [-0.25, -0.2) is 0 Å². The van der Waals surface area contributed by atoms with Crippen LogP contribution in [0.4, 0.5) is 0 Å². The number of Topliss-reactive ketones (excluding diaryl/α,β-unsaturated/α-hetero) is 1. The van der Waals surface area contributed by atoms with Gasteiger partial charge in [0.1, 0.15) is 0 Å². The lowest BCUT2D eigenvalue weighted by molar-refractivity contribution is 0.0855. The van der Waals surface area contributed by atoms with Crippen LogP contribution < -0.4 is 5.32 Å². The summed E-state index contributed by atoms with van der Waals surface area (Å²) in [6, 6.07) is 5.57. The highest BCUT2D eigenvalue weighted by Crippen LogP contribution is 2.30. The highest BCUT2D eigenvalue weighted by molar-refractivity contribution is 6.03. The van der Waals surface area contributed by atoms with E-state index in [0.29, 0.717) is 17.7 Å². The van der Waals surface area contributed by atoms with E-state index in [9.17, 15) is 9.59 Å². The van der Waals surface area contributed by atoms with E-state index in [-0.39, 0.29) is 17.6 Å². The molecule has 0 unspecified atom stereocenters. The number of rotatable bonds is 2. The summed E-state index contributed by atoms with van der Waals surface area (Å²) in [5, 5.41) is 2.81. The normalized spacial score (nSPS) is 19.2. The average molecular weight is 229 g/mol. The minimum Gasteiger partial charge on any atom is -0.352 e. The molecule has 1 amide bonds. The number of carbonyl (C=O) groups excluding carboxylic acids is 2. The van der Waals surface area contributed by atoms with E-state index in [1.807, 2.05) is 12.1 Å². The molecular formula is C14H15NO2. The molecule has 0 bridgehead atoms. The molecule has 17 heavy (non-hydrogen) atoms. The third kappa shape index (κ3) is 1.75. The van der Waals surface area contributed by atoms with Crippen LogP contribution in [-0.2, 0) is 6.42 Å². The van der Waals surface area contributed by atoms with E-state index in [1.54, 1.807) is 6.07 Å². The van der Waals surface area contributed by atoms with E-state index < -0.39 is 0 Å². The molecule has 3 heteroatoms. The Morgan fingerprint density at radius 3 is 2.82 bits per heavy atom. The Balaban J connectivity index is 1.94. The van der Waals surface area contributed by atoms with Gasteiger partial charge in [-0.05, 0) is 30.9 Å². The molecular weight excluding hydrogens is 214 g/mol. The standard InChI is InChI=1S/C14H15NO2/c16-13(10-2-1-3-10)11-5-4-9-6-7-15-14(17)12(9)8-11/h4-5,8,10H,1-3,6-7H2,(H,15,17). The number of ketones is 1. The molecule has 0 saturated heterocycles. The molecule has 0 aromatic heterocycles. The summed E-state index contributed by atoms with van der Waals surface area (Å²) < 4.78 is 0. The van der Waals surface area contributed by atoms with Gasteiger partial charge in [0.25, 0.3) is 5.91 Å². The van der Waals surface area contributed by atoms with Crippen molar-refractivity contribution in [3.05, 3.63) is 34.9 Å². The molecule has 1 aromatic carbocycles. The zero-order valence-corrected chi connectivity index (χ0v) is 9.66. The third-order valence-electron chi connectivity index (χ3n) is 3.79. The van der Waals surface area contributed by atoms with Crippen LogP contribution in [0, 0.1) is 5.92 Å². The van der Waals surface area contributed by atoms with E-state index >= 15 is 0 Å². The first-order valence-corrected chi connectivity index (χ1v) is 6.21. The van der Waals surface area contributed by atoms with Gasteiger partial charge >= 0.3 is 0 Å². The third-order valence-corrected chi connectivity index (χ3v) is 3.79. The largest absolute Gasteiger partial charge is 0.352 e. The van der Waals surface area contributed by atoms with Gasteiger partial charge in [-0.3, -0.25) is 9.59 Å². The maximum atomic E-state index is 12.1. The molecule has 2 aliphatic rings. The topological polar surface area (TPSA) is 46.2 Å². The van der Waals surface area contributed by atoms with Crippen molar-refractivity contribution < 1.29 is 9.59 Å². The molecule has 1 saturated carbocycles. The summed E-state index contributed by atoms with van der Waals surface area (Å²) >= 11 is 0. The lowest BCUT2D eigenvalue weighted by Crippen LogP contribution is -2.32. The quantitative estimate of drug-likeness (QED) is 0.788. The van der Waals surface area contributed by atoms with E-state index in [2.05, 4.69) is 5.32 Å². The van der Waals surface area contributed by atoms with Crippen molar-refractivity contribution in [2.75, 3.05) is 6.54 Å². The number of fused-ring (bicyclic) bond motifs is 1. The summed E-state index contributed by atoms with van der Waals surface area (Å²) in [4.78, 5) is 23.8. The lowest BCUT2D eigenvalue weighted by atomic mass is 9.79. The van der Waals surface area contributed by atoms with Gasteiger partial charge in [0.15, 0.2) is 5.78 Å². The average Bonchev–Trinajstić information content (AvgIpc) is 2.27. The summed E-state index contributed by atoms with van der Waals surface area (Å²) in [6.07, 6.45) is 4.02. The van der Waals surface area contributed by atoms with E-state index in [1.165, 1.54) is 0 Å². The molecule has 1 aliphatic heterocycles. The maximum Gasteiger partial charge on any atom is 0.251 e. The van der Waals surface area contributed by atoms with Crippen LogP contribution in [0.1, 0.15) is 45.5 Å². The highest BCUT2D eigenvalue weighted by Gasteiger charge is 2.27. The molecule has 1 heterocycles. The molecule has 88 valence electrons. The number of hydrogen-bond donors (Lipinski definition) is 1. The summed E-state index contributed by atoms with van der Waals surface area (Å²) in [5.41, 5.74) is 2.44. The van der Waals surface area contributed by atoms with Gasteiger partial charge < -0.3 is 5.32 Å². The Kier molecular flexibility index (Phi) is 2.46. The number of hydrogen-bond acceptors (Lipinski definition) is 2. The Bertz CT molecular complexity index is 489. The molecule has 0 radical (unpaired) electrons. The molecule has 1 aliphatic carbocycles. The Labute approximate surface area is 100 Å². The molecule has 1 N–H and O–H groups in total. The molecule has 3 nitrogen and oxygen atoms in total. The fourth-order valence-corrected chi connectivity index (χ4v) is 2.47. The lowest BCUT2D eigenvalue weighted by Gasteiger charge is -2.24. The molecule has 1 fully saturated rings. The van der Waals surface area contributed by atoms with Gasteiger partial charge in [0.2, 0.25) is 0 Å². The fraction of sp³-hybridized carbons (Fsp3) is 0.429. The van der Waals surface area contributed by atoms with Gasteiger partial charge in [0, 0.05) is 23.6 Å². The minimum atomic E-state index is -0.0468. The Hall–Kier alpha value is -1.64. The zero-order valence-electron chi connectivity index (χ0n) is 9.66. The first-order chi connectivity index (χ1) is 8.25. The van der Waals surface area contributed by atoms with E-state index in [0.717, 1.165) is 31.2 Å². The number of carbonyl (C=O) groups is 2. The zero-order chi connectivity index (χ0) is 11.8. The predicted octanol–water partition coefficient (Wildman–Crippen LogP) is 1.96.